The molecule has 0 aromatic carbocycles. The molecular formula is C11H24N2O. The lowest BCUT2D eigenvalue weighted by molar-refractivity contribution is 0.0837. The summed E-state index contributed by atoms with van der Waals surface area (Å²) in [4.78, 5) is 2.55. The van der Waals surface area contributed by atoms with E-state index in [9.17, 15) is 0 Å². The zero-order chi connectivity index (χ0) is 10.6. The molecule has 1 heterocycles. The molecule has 3 atom stereocenters. The van der Waals surface area contributed by atoms with E-state index >= 15 is 0 Å². The Morgan fingerprint density at radius 2 is 2.14 bits per heavy atom. The SMILES string of the molecule is CNC(C)C(C)N1CCCOCC1C. The van der Waals surface area contributed by atoms with Crippen LogP contribution < -0.4 is 5.32 Å². The van der Waals surface area contributed by atoms with E-state index in [4.69, 9.17) is 4.74 Å². The van der Waals surface area contributed by atoms with Crippen molar-refractivity contribution >= 4 is 0 Å². The average Bonchev–Trinajstić information content (AvgIpc) is 2.40. The fraction of sp³-hybridized carbons (Fsp3) is 1.00. The molecule has 0 aromatic rings. The highest BCUT2D eigenvalue weighted by Crippen LogP contribution is 2.13. The summed E-state index contributed by atoms with van der Waals surface area (Å²) in [5, 5.41) is 3.32. The van der Waals surface area contributed by atoms with E-state index in [-0.39, 0.29) is 0 Å². The van der Waals surface area contributed by atoms with Crippen LogP contribution in [0, 0.1) is 0 Å². The van der Waals surface area contributed by atoms with Crippen molar-refractivity contribution in [3.05, 3.63) is 0 Å². The van der Waals surface area contributed by atoms with Gasteiger partial charge in [-0.1, -0.05) is 0 Å². The van der Waals surface area contributed by atoms with Gasteiger partial charge in [0.15, 0.2) is 0 Å². The summed E-state index contributed by atoms with van der Waals surface area (Å²) in [5.74, 6) is 0. The first kappa shape index (κ1) is 12.0. The van der Waals surface area contributed by atoms with E-state index in [1.807, 2.05) is 7.05 Å². The van der Waals surface area contributed by atoms with Crippen LogP contribution in [0.3, 0.4) is 0 Å². The third kappa shape index (κ3) is 2.94. The van der Waals surface area contributed by atoms with Gasteiger partial charge in [0.1, 0.15) is 0 Å². The van der Waals surface area contributed by atoms with E-state index in [2.05, 4.69) is 31.0 Å². The van der Waals surface area contributed by atoms with Crippen LogP contribution in [0.2, 0.25) is 0 Å². The standard InChI is InChI=1S/C11H24N2O/c1-9-8-14-7-5-6-13(9)11(3)10(2)12-4/h9-12H,5-8H2,1-4H3. The van der Waals surface area contributed by atoms with E-state index in [0.29, 0.717) is 18.1 Å². The molecule has 0 radical (unpaired) electrons. The second-order valence-electron chi connectivity index (χ2n) is 4.33. The van der Waals surface area contributed by atoms with E-state index in [1.165, 1.54) is 0 Å². The van der Waals surface area contributed by atoms with Gasteiger partial charge in [0.2, 0.25) is 0 Å². The maximum absolute atomic E-state index is 5.54. The second-order valence-corrected chi connectivity index (χ2v) is 4.33. The molecule has 0 aromatic heterocycles. The molecule has 3 nitrogen and oxygen atoms in total. The Balaban J connectivity index is 2.53. The van der Waals surface area contributed by atoms with Crippen molar-refractivity contribution in [1.29, 1.82) is 0 Å². The molecule has 1 saturated heterocycles. The minimum Gasteiger partial charge on any atom is -0.380 e. The van der Waals surface area contributed by atoms with Crippen LogP contribution in [-0.2, 0) is 4.74 Å². The number of ether oxygens (including phenoxy) is 1. The largest absolute Gasteiger partial charge is 0.380 e. The first-order valence-electron chi connectivity index (χ1n) is 5.67. The number of rotatable bonds is 3. The Morgan fingerprint density at radius 1 is 1.43 bits per heavy atom. The summed E-state index contributed by atoms with van der Waals surface area (Å²) in [6.45, 7) is 9.74. The number of hydrogen-bond donors (Lipinski definition) is 1. The summed E-state index contributed by atoms with van der Waals surface area (Å²) in [6.07, 6.45) is 1.16. The van der Waals surface area contributed by atoms with E-state index < -0.39 is 0 Å². The topological polar surface area (TPSA) is 24.5 Å². The van der Waals surface area contributed by atoms with Gasteiger partial charge in [0.25, 0.3) is 0 Å². The predicted molar refractivity (Wildman–Crippen MR) is 59.6 cm³/mol. The summed E-state index contributed by atoms with van der Waals surface area (Å²) in [7, 11) is 2.03. The van der Waals surface area contributed by atoms with Gasteiger partial charge in [-0.05, 0) is 34.2 Å². The molecule has 1 aliphatic heterocycles. The van der Waals surface area contributed by atoms with Crippen molar-refractivity contribution in [2.45, 2.75) is 45.3 Å². The zero-order valence-electron chi connectivity index (χ0n) is 9.92. The van der Waals surface area contributed by atoms with Gasteiger partial charge in [-0.25, -0.2) is 0 Å². The number of nitrogens with one attached hydrogen (secondary N) is 1. The molecule has 84 valence electrons. The minimum absolute atomic E-state index is 0.538. The van der Waals surface area contributed by atoms with Crippen LogP contribution in [0.4, 0.5) is 0 Å². The lowest BCUT2D eigenvalue weighted by atomic mass is 10.1. The van der Waals surface area contributed by atoms with Gasteiger partial charge in [0.05, 0.1) is 6.61 Å². The smallest absolute Gasteiger partial charge is 0.0619 e. The number of nitrogens with zero attached hydrogens (tertiary/aromatic N) is 1. The quantitative estimate of drug-likeness (QED) is 0.738. The van der Waals surface area contributed by atoms with Crippen molar-refractivity contribution in [1.82, 2.24) is 10.2 Å². The molecule has 1 aliphatic rings. The van der Waals surface area contributed by atoms with Crippen molar-refractivity contribution in [3.63, 3.8) is 0 Å². The molecule has 1 fully saturated rings. The average molecular weight is 200 g/mol. The molecule has 0 saturated carbocycles. The maximum atomic E-state index is 5.54. The molecule has 0 spiro atoms. The third-order valence-corrected chi connectivity index (χ3v) is 3.33. The highest BCUT2D eigenvalue weighted by Gasteiger charge is 2.25. The maximum Gasteiger partial charge on any atom is 0.0619 e. The van der Waals surface area contributed by atoms with Gasteiger partial charge >= 0.3 is 0 Å². The fourth-order valence-electron chi connectivity index (χ4n) is 2.05. The lowest BCUT2D eigenvalue weighted by Gasteiger charge is -2.35. The number of hydrogen-bond acceptors (Lipinski definition) is 3. The summed E-state index contributed by atoms with van der Waals surface area (Å²) >= 11 is 0. The van der Waals surface area contributed by atoms with Crippen molar-refractivity contribution in [3.8, 4) is 0 Å². The lowest BCUT2D eigenvalue weighted by Crippen LogP contribution is -2.50. The summed E-state index contributed by atoms with van der Waals surface area (Å²) in [5.41, 5.74) is 0. The Morgan fingerprint density at radius 3 is 2.79 bits per heavy atom. The molecule has 3 unspecified atom stereocenters. The molecule has 1 rings (SSSR count). The van der Waals surface area contributed by atoms with Crippen LogP contribution in [0.15, 0.2) is 0 Å². The monoisotopic (exact) mass is 200 g/mol. The van der Waals surface area contributed by atoms with Crippen LogP contribution in [-0.4, -0.2) is 49.8 Å². The van der Waals surface area contributed by atoms with Crippen molar-refractivity contribution < 1.29 is 4.74 Å². The zero-order valence-corrected chi connectivity index (χ0v) is 9.92. The number of likely N-dealkylation sites (N-methyl/N-ethyl adjacent to an activating group) is 1. The third-order valence-electron chi connectivity index (χ3n) is 3.33. The van der Waals surface area contributed by atoms with Crippen molar-refractivity contribution in [2.75, 3.05) is 26.8 Å². The van der Waals surface area contributed by atoms with Gasteiger partial charge in [-0.15, -0.1) is 0 Å². The van der Waals surface area contributed by atoms with Gasteiger partial charge in [0, 0.05) is 31.3 Å². The molecule has 0 amide bonds. The first-order chi connectivity index (χ1) is 6.66. The van der Waals surface area contributed by atoms with Gasteiger partial charge in [-0.2, -0.15) is 0 Å². The molecule has 0 bridgehead atoms. The van der Waals surface area contributed by atoms with Crippen LogP contribution in [0.1, 0.15) is 27.2 Å². The van der Waals surface area contributed by atoms with Crippen molar-refractivity contribution in [2.24, 2.45) is 0 Å². The highest BCUT2D eigenvalue weighted by atomic mass is 16.5. The Bertz CT molecular complexity index is 163. The Hall–Kier alpha value is -0.120. The predicted octanol–water partition coefficient (Wildman–Crippen LogP) is 1.09. The normalized spacial score (nSPS) is 29.6. The Kier molecular flexibility index (Phi) is 4.85. The fourth-order valence-corrected chi connectivity index (χ4v) is 2.05. The summed E-state index contributed by atoms with van der Waals surface area (Å²) in [6, 6.07) is 1.66. The van der Waals surface area contributed by atoms with Crippen LogP contribution in [0.5, 0.6) is 0 Å². The Labute approximate surface area is 87.8 Å². The van der Waals surface area contributed by atoms with Crippen LogP contribution in [0.25, 0.3) is 0 Å². The van der Waals surface area contributed by atoms with E-state index in [1.54, 1.807) is 0 Å². The summed E-state index contributed by atoms with van der Waals surface area (Å²) < 4.78 is 5.54. The minimum atomic E-state index is 0.538. The molecule has 0 aliphatic carbocycles. The molecule has 1 N–H and O–H groups in total. The molecule has 14 heavy (non-hydrogen) atoms. The highest BCUT2D eigenvalue weighted by molar-refractivity contribution is 4.81. The van der Waals surface area contributed by atoms with Gasteiger partial charge in [-0.3, -0.25) is 4.90 Å². The first-order valence-corrected chi connectivity index (χ1v) is 5.67. The molecule has 3 heteroatoms. The molecular weight excluding hydrogens is 176 g/mol. The van der Waals surface area contributed by atoms with Crippen LogP contribution >= 0.6 is 0 Å². The van der Waals surface area contributed by atoms with Gasteiger partial charge < -0.3 is 10.1 Å². The second kappa shape index (κ2) is 5.69. The van der Waals surface area contributed by atoms with E-state index in [0.717, 1.165) is 26.2 Å².